The van der Waals surface area contributed by atoms with Crippen molar-refractivity contribution in [1.82, 2.24) is 5.32 Å². The number of rotatable bonds is 3. The predicted octanol–water partition coefficient (Wildman–Crippen LogP) is 4.89. The zero-order valence-electron chi connectivity index (χ0n) is 10.2. The van der Waals surface area contributed by atoms with E-state index >= 15 is 0 Å². The van der Waals surface area contributed by atoms with Crippen LogP contribution in [0.25, 0.3) is 0 Å². The van der Waals surface area contributed by atoms with Gasteiger partial charge in [-0.25, -0.2) is 0 Å². The van der Waals surface area contributed by atoms with Crippen LogP contribution in [0.15, 0.2) is 22.7 Å². The van der Waals surface area contributed by atoms with E-state index in [2.05, 4.69) is 69.1 Å². The van der Waals surface area contributed by atoms with Crippen LogP contribution in [0.4, 0.5) is 0 Å². The van der Waals surface area contributed by atoms with Gasteiger partial charge in [-0.1, -0.05) is 35.2 Å². The summed E-state index contributed by atoms with van der Waals surface area (Å²) in [5, 5.41) is 3.53. The lowest BCUT2D eigenvalue weighted by atomic mass is 9.81. The molecule has 1 aliphatic carbocycles. The van der Waals surface area contributed by atoms with Crippen LogP contribution in [0.3, 0.4) is 0 Å². The van der Waals surface area contributed by atoms with Crippen molar-refractivity contribution in [2.75, 3.05) is 7.05 Å². The minimum atomic E-state index is 0.514. The molecule has 0 aromatic heterocycles. The van der Waals surface area contributed by atoms with Crippen molar-refractivity contribution in [2.45, 2.75) is 38.1 Å². The summed E-state index contributed by atoms with van der Waals surface area (Å²) in [5.41, 5.74) is 1.45. The van der Waals surface area contributed by atoms with Gasteiger partial charge < -0.3 is 5.32 Å². The summed E-state index contributed by atoms with van der Waals surface area (Å²) in [6.45, 7) is 0. The molecule has 94 valence electrons. The number of hydrogen-bond donors (Lipinski definition) is 1. The second-order valence-electron chi connectivity index (χ2n) is 4.83. The first-order chi connectivity index (χ1) is 8.22. The van der Waals surface area contributed by atoms with Crippen molar-refractivity contribution in [1.29, 1.82) is 0 Å². The Morgan fingerprint density at radius 3 is 2.65 bits per heavy atom. The average molecular weight is 408 g/mol. The van der Waals surface area contributed by atoms with Crippen LogP contribution in [0.2, 0.25) is 0 Å². The Kier molecular flexibility index (Phi) is 5.30. The molecule has 1 unspecified atom stereocenters. The lowest BCUT2D eigenvalue weighted by molar-refractivity contribution is 0.281. The third-order valence-electron chi connectivity index (χ3n) is 3.73. The topological polar surface area (TPSA) is 12.0 Å². The van der Waals surface area contributed by atoms with Gasteiger partial charge in [0.1, 0.15) is 0 Å². The van der Waals surface area contributed by atoms with E-state index in [9.17, 15) is 0 Å². The van der Waals surface area contributed by atoms with Gasteiger partial charge in [-0.05, 0) is 72.2 Å². The van der Waals surface area contributed by atoms with Crippen LogP contribution >= 0.6 is 38.5 Å². The first kappa shape index (κ1) is 13.8. The monoisotopic (exact) mass is 407 g/mol. The zero-order chi connectivity index (χ0) is 12.3. The number of benzene rings is 1. The number of nitrogens with one attached hydrogen (secondary N) is 1. The van der Waals surface area contributed by atoms with Crippen molar-refractivity contribution < 1.29 is 0 Å². The van der Waals surface area contributed by atoms with Crippen LogP contribution in [-0.2, 0) is 0 Å². The summed E-state index contributed by atoms with van der Waals surface area (Å²) in [6.07, 6.45) is 6.95. The highest BCUT2D eigenvalue weighted by Gasteiger charge is 2.25. The number of halogens is 2. The van der Waals surface area contributed by atoms with E-state index in [0.29, 0.717) is 6.04 Å². The average Bonchev–Trinajstić information content (AvgIpc) is 2.36. The van der Waals surface area contributed by atoms with Gasteiger partial charge in [0.15, 0.2) is 0 Å². The molecule has 1 atom stereocenters. The molecule has 1 aromatic carbocycles. The molecule has 1 fully saturated rings. The quantitative estimate of drug-likeness (QED) is 0.703. The maximum absolute atomic E-state index is 3.59. The molecule has 0 aliphatic heterocycles. The first-order valence-corrected chi connectivity index (χ1v) is 8.21. The van der Waals surface area contributed by atoms with Crippen molar-refractivity contribution in [3.8, 4) is 0 Å². The fourth-order valence-corrected chi connectivity index (χ4v) is 3.92. The van der Waals surface area contributed by atoms with Crippen LogP contribution < -0.4 is 5.32 Å². The fraction of sp³-hybridized carbons (Fsp3) is 0.571. The highest BCUT2D eigenvalue weighted by molar-refractivity contribution is 14.1. The van der Waals surface area contributed by atoms with Crippen molar-refractivity contribution >= 4 is 38.5 Å². The summed E-state index contributed by atoms with van der Waals surface area (Å²) >= 11 is 6.04. The standard InChI is InChI=1S/C14H19BrIN/c1-17-14(10-5-3-2-4-6-10)12-9-11(15)7-8-13(12)16/h7-10,14,17H,2-6H2,1H3. The summed E-state index contributed by atoms with van der Waals surface area (Å²) in [4.78, 5) is 0. The molecular weight excluding hydrogens is 389 g/mol. The second-order valence-corrected chi connectivity index (χ2v) is 6.91. The van der Waals surface area contributed by atoms with Crippen molar-refractivity contribution in [3.63, 3.8) is 0 Å². The molecule has 1 saturated carbocycles. The van der Waals surface area contributed by atoms with Gasteiger partial charge in [0.05, 0.1) is 0 Å². The van der Waals surface area contributed by atoms with Crippen LogP contribution in [0, 0.1) is 9.49 Å². The highest BCUT2D eigenvalue weighted by Crippen LogP contribution is 2.36. The van der Waals surface area contributed by atoms with E-state index in [1.807, 2.05) is 0 Å². The first-order valence-electron chi connectivity index (χ1n) is 6.34. The molecule has 1 aromatic rings. The SMILES string of the molecule is CNC(c1cc(Br)ccc1I)C1CCCCC1. The Bertz CT molecular complexity index is 374. The molecule has 1 aliphatic rings. The molecule has 0 spiro atoms. The van der Waals surface area contributed by atoms with Crippen molar-refractivity contribution in [2.24, 2.45) is 5.92 Å². The maximum Gasteiger partial charge on any atom is 0.0357 e. The third kappa shape index (κ3) is 3.44. The predicted molar refractivity (Wildman–Crippen MR) is 85.2 cm³/mol. The molecular formula is C14H19BrIN. The molecule has 17 heavy (non-hydrogen) atoms. The highest BCUT2D eigenvalue weighted by atomic mass is 127. The maximum atomic E-state index is 3.59. The summed E-state index contributed by atoms with van der Waals surface area (Å²) in [6, 6.07) is 7.11. The van der Waals surface area contributed by atoms with Gasteiger partial charge in [0.25, 0.3) is 0 Å². The Hall–Kier alpha value is 0.390. The van der Waals surface area contributed by atoms with Crippen LogP contribution in [0.5, 0.6) is 0 Å². The molecule has 0 heterocycles. The zero-order valence-corrected chi connectivity index (χ0v) is 13.9. The van der Waals surface area contributed by atoms with Gasteiger partial charge in [-0.2, -0.15) is 0 Å². The Labute approximate surface area is 126 Å². The van der Waals surface area contributed by atoms with Gasteiger partial charge in [-0.3, -0.25) is 0 Å². The van der Waals surface area contributed by atoms with Crippen LogP contribution in [0.1, 0.15) is 43.7 Å². The molecule has 0 amide bonds. The van der Waals surface area contributed by atoms with E-state index in [0.717, 1.165) is 5.92 Å². The lowest BCUT2D eigenvalue weighted by Crippen LogP contribution is -2.27. The summed E-state index contributed by atoms with van der Waals surface area (Å²) in [5.74, 6) is 0.802. The summed E-state index contributed by atoms with van der Waals surface area (Å²) in [7, 11) is 2.09. The van der Waals surface area contributed by atoms with Gasteiger partial charge >= 0.3 is 0 Å². The van der Waals surface area contributed by atoms with Gasteiger partial charge in [-0.15, -0.1) is 0 Å². The minimum absolute atomic E-state index is 0.514. The number of hydrogen-bond acceptors (Lipinski definition) is 1. The van der Waals surface area contributed by atoms with E-state index in [4.69, 9.17) is 0 Å². The van der Waals surface area contributed by atoms with Gasteiger partial charge in [0, 0.05) is 14.1 Å². The van der Waals surface area contributed by atoms with E-state index in [1.54, 1.807) is 0 Å². The smallest absolute Gasteiger partial charge is 0.0357 e. The molecule has 2 rings (SSSR count). The molecule has 0 radical (unpaired) electrons. The molecule has 3 heteroatoms. The minimum Gasteiger partial charge on any atom is -0.313 e. The lowest BCUT2D eigenvalue weighted by Gasteiger charge is -2.31. The van der Waals surface area contributed by atoms with Crippen LogP contribution in [-0.4, -0.2) is 7.05 Å². The van der Waals surface area contributed by atoms with Gasteiger partial charge in [0.2, 0.25) is 0 Å². The Morgan fingerprint density at radius 2 is 2.00 bits per heavy atom. The second kappa shape index (κ2) is 6.53. The third-order valence-corrected chi connectivity index (χ3v) is 5.20. The van der Waals surface area contributed by atoms with E-state index in [-0.39, 0.29) is 0 Å². The summed E-state index contributed by atoms with van der Waals surface area (Å²) < 4.78 is 2.56. The van der Waals surface area contributed by atoms with Crippen molar-refractivity contribution in [3.05, 3.63) is 31.8 Å². The largest absolute Gasteiger partial charge is 0.313 e. The fourth-order valence-electron chi connectivity index (χ4n) is 2.87. The molecule has 0 bridgehead atoms. The normalized spacial score (nSPS) is 19.2. The van der Waals surface area contributed by atoms with E-state index < -0.39 is 0 Å². The van der Waals surface area contributed by atoms with E-state index in [1.165, 1.54) is 45.7 Å². The molecule has 0 saturated heterocycles. The Morgan fingerprint density at radius 1 is 1.29 bits per heavy atom. The Balaban J connectivity index is 2.24. The molecule has 1 N–H and O–H groups in total. The molecule has 1 nitrogen and oxygen atoms in total.